The van der Waals surface area contributed by atoms with E-state index < -0.39 is 0 Å². The van der Waals surface area contributed by atoms with Crippen LogP contribution in [0.3, 0.4) is 0 Å². The number of fused-ring (bicyclic) bond motifs is 1. The number of phenols is 2. The van der Waals surface area contributed by atoms with Crippen molar-refractivity contribution < 1.29 is 10.2 Å². The average molecular weight is 429 g/mol. The summed E-state index contributed by atoms with van der Waals surface area (Å²) in [4.78, 5) is 15.4. The molecule has 164 valence electrons. The largest absolute Gasteiger partial charge is 0.507 e. The van der Waals surface area contributed by atoms with E-state index in [0.717, 1.165) is 48.0 Å². The molecule has 8 bridgehead atoms. The molecule has 7 aliphatic heterocycles. The summed E-state index contributed by atoms with van der Waals surface area (Å²) in [5, 5.41) is 27.0. The van der Waals surface area contributed by atoms with Gasteiger partial charge in [-0.25, -0.2) is 0 Å². The minimum atomic E-state index is -0.0965. The number of hydrogen-bond donors (Lipinski definition) is 2. The summed E-state index contributed by atoms with van der Waals surface area (Å²) in [5.74, 6) is 0.453. The van der Waals surface area contributed by atoms with Crippen molar-refractivity contribution in [3.8, 4) is 11.5 Å². The molecule has 32 heavy (non-hydrogen) atoms. The maximum Gasteiger partial charge on any atom is 0.133 e. The zero-order chi connectivity index (χ0) is 21.4. The number of hydrogen-bond acceptors (Lipinski definition) is 6. The highest BCUT2D eigenvalue weighted by atomic mass is 16.3. The van der Waals surface area contributed by atoms with Crippen LogP contribution in [0.4, 0.5) is 0 Å². The Morgan fingerprint density at radius 3 is 2.03 bits per heavy atom. The lowest BCUT2D eigenvalue weighted by Crippen LogP contribution is -2.37. The smallest absolute Gasteiger partial charge is 0.133 e. The van der Waals surface area contributed by atoms with Gasteiger partial charge in [0.05, 0.1) is 16.1 Å². The van der Waals surface area contributed by atoms with Crippen LogP contribution in [0.2, 0.25) is 0 Å². The van der Waals surface area contributed by atoms with Crippen molar-refractivity contribution in [2.45, 2.75) is 50.9 Å². The highest BCUT2D eigenvalue weighted by molar-refractivity contribution is 6.11. The van der Waals surface area contributed by atoms with Crippen molar-refractivity contribution in [3.63, 3.8) is 0 Å². The van der Waals surface area contributed by atoms with Crippen molar-refractivity contribution in [2.75, 3.05) is 26.2 Å². The maximum atomic E-state index is 11.3. The molecule has 3 aromatic rings. The third-order valence-corrected chi connectivity index (χ3v) is 7.90. The van der Waals surface area contributed by atoms with E-state index in [2.05, 4.69) is 15.9 Å². The molecule has 0 spiro atoms. The first-order valence-corrected chi connectivity index (χ1v) is 12.1. The Kier molecular flexibility index (Phi) is 4.06. The Morgan fingerprint density at radius 1 is 0.656 bits per heavy atom. The highest BCUT2D eigenvalue weighted by Crippen LogP contribution is 2.44. The molecule has 2 fully saturated rings. The summed E-state index contributed by atoms with van der Waals surface area (Å²) in [7, 11) is 0. The van der Waals surface area contributed by atoms with Gasteiger partial charge in [-0.05, 0) is 43.4 Å². The van der Waals surface area contributed by atoms with Gasteiger partial charge >= 0.3 is 0 Å². The number of likely N-dealkylation sites (tertiary alicyclic amines) is 2. The molecule has 2 saturated heterocycles. The number of piperidine rings is 2. The van der Waals surface area contributed by atoms with Crippen molar-refractivity contribution in [3.05, 3.63) is 46.1 Å². The van der Waals surface area contributed by atoms with Gasteiger partial charge in [0, 0.05) is 47.9 Å². The van der Waals surface area contributed by atoms with Gasteiger partial charge < -0.3 is 10.2 Å². The van der Waals surface area contributed by atoms with Crippen LogP contribution >= 0.6 is 0 Å². The van der Waals surface area contributed by atoms with Crippen LogP contribution in [0.25, 0.3) is 21.5 Å². The number of rotatable bonds is 2. The fourth-order valence-corrected chi connectivity index (χ4v) is 6.25. The van der Waals surface area contributed by atoms with Gasteiger partial charge in [-0.3, -0.25) is 19.8 Å². The Bertz CT molecular complexity index is 1390. The van der Waals surface area contributed by atoms with Gasteiger partial charge in [0.1, 0.15) is 23.8 Å². The van der Waals surface area contributed by atoms with Crippen molar-refractivity contribution in [1.29, 1.82) is 0 Å². The molecule has 7 aliphatic rings. The molecule has 0 aliphatic carbocycles. The van der Waals surface area contributed by atoms with Crippen molar-refractivity contribution in [1.82, 2.24) is 9.80 Å². The Hall–Kier alpha value is -2.70. The van der Waals surface area contributed by atoms with Crippen LogP contribution in [0, 0.1) is 0 Å². The Balaban J connectivity index is 1.57. The number of phenolic OH excluding ortho intramolecular Hbond substituents is 2. The fraction of sp³-hybridized carbons (Fsp3) is 0.462. The summed E-state index contributed by atoms with van der Waals surface area (Å²) in [5.41, 5.74) is 2.15. The van der Waals surface area contributed by atoms with Crippen LogP contribution in [0.1, 0.15) is 62.0 Å². The standard InChI is InChI=1S/C26H28N4O2/c31-23-17-13-15-7-8-16(17)24(32)20-18(23)14-19-21(27-25(15)29-9-3-1-4-10-29)22(20)28-26(19)30-11-5-2-6-12-30/h7-8,13-14,25-26,31-32H,1-6,9-12H2. The lowest BCUT2D eigenvalue weighted by Gasteiger charge is -2.33. The Morgan fingerprint density at radius 2 is 1.31 bits per heavy atom. The van der Waals surface area contributed by atoms with Gasteiger partial charge in [0.2, 0.25) is 0 Å². The SMILES string of the molecule is Oc1c2cc3ccc2c(O)c2c4c(c(cc12)C(N1CCCCC1)N=4)=NC3N1CCCCC1. The van der Waals surface area contributed by atoms with E-state index in [4.69, 9.17) is 9.98 Å². The number of nitrogens with zero attached hydrogens (tertiary/aromatic N) is 4. The molecule has 2 N–H and O–H groups in total. The van der Waals surface area contributed by atoms with Crippen LogP contribution in [0.15, 0.2) is 34.3 Å². The number of aromatic hydroxyl groups is 2. The second-order valence-electron chi connectivity index (χ2n) is 9.79. The van der Waals surface area contributed by atoms with Gasteiger partial charge in [-0.2, -0.15) is 0 Å². The molecule has 0 saturated carbocycles. The highest BCUT2D eigenvalue weighted by Gasteiger charge is 2.33. The van der Waals surface area contributed by atoms with E-state index in [0.29, 0.717) is 21.5 Å². The summed E-state index contributed by atoms with van der Waals surface area (Å²) in [6.07, 6.45) is 7.11. The van der Waals surface area contributed by atoms with Gasteiger partial charge in [0.15, 0.2) is 0 Å². The fourth-order valence-electron chi connectivity index (χ4n) is 6.25. The zero-order valence-electron chi connectivity index (χ0n) is 18.2. The second-order valence-corrected chi connectivity index (χ2v) is 9.79. The summed E-state index contributed by atoms with van der Waals surface area (Å²) in [6.45, 7) is 4.11. The van der Waals surface area contributed by atoms with Gasteiger partial charge in [-0.15, -0.1) is 0 Å². The van der Waals surface area contributed by atoms with Crippen LogP contribution in [-0.2, 0) is 0 Å². The van der Waals surface area contributed by atoms with Crippen LogP contribution in [0.5, 0.6) is 11.5 Å². The molecule has 2 unspecified atom stereocenters. The first-order valence-electron chi connectivity index (χ1n) is 12.1. The van der Waals surface area contributed by atoms with Crippen molar-refractivity contribution in [2.24, 2.45) is 9.98 Å². The Labute approximate surface area is 186 Å². The van der Waals surface area contributed by atoms with E-state index in [1.165, 1.54) is 38.5 Å². The molecule has 3 aromatic carbocycles. The third kappa shape index (κ3) is 2.54. The molecule has 6 nitrogen and oxygen atoms in total. The summed E-state index contributed by atoms with van der Waals surface area (Å²) in [6, 6.07) is 8.08. The van der Waals surface area contributed by atoms with E-state index in [9.17, 15) is 10.2 Å². The van der Waals surface area contributed by atoms with Gasteiger partial charge in [0.25, 0.3) is 0 Å². The summed E-state index contributed by atoms with van der Waals surface area (Å²) >= 11 is 0. The first kappa shape index (κ1) is 18.8. The molecule has 7 heterocycles. The van der Waals surface area contributed by atoms with Crippen LogP contribution < -0.4 is 10.7 Å². The van der Waals surface area contributed by atoms with Crippen LogP contribution in [-0.4, -0.2) is 46.2 Å². The van der Waals surface area contributed by atoms with E-state index >= 15 is 0 Å². The molecule has 10 rings (SSSR count). The molecule has 0 amide bonds. The van der Waals surface area contributed by atoms with E-state index in [1.54, 1.807) is 0 Å². The summed E-state index contributed by atoms with van der Waals surface area (Å²) < 4.78 is 0. The minimum absolute atomic E-state index is 0.0790. The normalized spacial score (nSPS) is 25.4. The monoisotopic (exact) mass is 428 g/mol. The van der Waals surface area contributed by atoms with E-state index in [1.807, 2.05) is 18.2 Å². The van der Waals surface area contributed by atoms with E-state index in [-0.39, 0.29) is 23.8 Å². The molecule has 6 heteroatoms. The number of benzene rings is 3. The third-order valence-electron chi connectivity index (χ3n) is 7.90. The maximum absolute atomic E-state index is 11.3. The predicted octanol–water partition coefficient (Wildman–Crippen LogP) is 3.64. The second kappa shape index (κ2) is 6.90. The quantitative estimate of drug-likeness (QED) is 0.483. The minimum Gasteiger partial charge on any atom is -0.507 e. The molecular weight excluding hydrogens is 400 g/mol. The average Bonchev–Trinajstić information content (AvgIpc) is 3.08. The zero-order valence-corrected chi connectivity index (χ0v) is 18.2. The topological polar surface area (TPSA) is 71.7 Å². The lowest BCUT2D eigenvalue weighted by molar-refractivity contribution is 0.163. The predicted molar refractivity (Wildman–Crippen MR) is 123 cm³/mol. The molecule has 2 atom stereocenters. The first-order chi connectivity index (χ1) is 15.7. The van der Waals surface area contributed by atoms with Gasteiger partial charge in [-0.1, -0.05) is 25.0 Å². The molecule has 0 radical (unpaired) electrons. The van der Waals surface area contributed by atoms with Crippen molar-refractivity contribution >= 4 is 21.5 Å². The molecule has 0 aromatic heterocycles. The molecular formula is C26H28N4O2. The lowest BCUT2D eigenvalue weighted by atomic mass is 9.94.